The van der Waals surface area contributed by atoms with Gasteiger partial charge in [0.2, 0.25) is 0 Å². The van der Waals surface area contributed by atoms with E-state index in [1.807, 2.05) is 12.1 Å². The molecule has 0 atom stereocenters. The highest BCUT2D eigenvalue weighted by Crippen LogP contribution is 2.23. The van der Waals surface area contributed by atoms with Gasteiger partial charge >= 0.3 is 0 Å². The van der Waals surface area contributed by atoms with Gasteiger partial charge in [0.1, 0.15) is 5.69 Å². The van der Waals surface area contributed by atoms with Gasteiger partial charge < -0.3 is 10.3 Å². The fourth-order valence-electron chi connectivity index (χ4n) is 2.18. The Bertz CT molecular complexity index is 841. The number of fused-ring (bicyclic) bond motifs is 1. The lowest BCUT2D eigenvalue weighted by atomic mass is 9.92. The molecule has 3 rings (SSSR count). The number of hydrogen-bond donors (Lipinski definition) is 3. The van der Waals surface area contributed by atoms with Crippen LogP contribution in [0.1, 0.15) is 37.0 Å². The van der Waals surface area contributed by atoms with Crippen LogP contribution in [0.3, 0.4) is 0 Å². The Morgan fingerprint density at radius 3 is 2.68 bits per heavy atom. The zero-order chi connectivity index (χ0) is 15.9. The average Bonchev–Trinajstić information content (AvgIpc) is 3.03. The minimum atomic E-state index is -0.237. The summed E-state index contributed by atoms with van der Waals surface area (Å²) in [5.74, 6) is 0.269. The van der Waals surface area contributed by atoms with Gasteiger partial charge in [-0.3, -0.25) is 9.89 Å². The third kappa shape index (κ3) is 2.85. The lowest BCUT2D eigenvalue weighted by Crippen LogP contribution is -2.12. The summed E-state index contributed by atoms with van der Waals surface area (Å²) in [6.07, 6.45) is 0. The molecule has 0 saturated heterocycles. The van der Waals surface area contributed by atoms with E-state index in [0.29, 0.717) is 16.5 Å². The second kappa shape index (κ2) is 5.18. The normalized spacial score (nSPS) is 11.8. The zero-order valence-corrected chi connectivity index (χ0v) is 13.4. The Balaban J connectivity index is 1.82. The van der Waals surface area contributed by atoms with Gasteiger partial charge in [-0.15, -0.1) is 0 Å². The van der Waals surface area contributed by atoms with E-state index in [1.165, 1.54) is 0 Å². The van der Waals surface area contributed by atoms with E-state index in [0.717, 1.165) is 16.6 Å². The molecule has 0 aliphatic carbocycles. The molecule has 1 aromatic carbocycles. The van der Waals surface area contributed by atoms with Crippen LogP contribution < -0.4 is 5.32 Å². The van der Waals surface area contributed by atoms with Crippen molar-refractivity contribution in [3.05, 3.63) is 46.7 Å². The third-order valence-electron chi connectivity index (χ3n) is 3.46. The standard InChI is InChI=1S/C16H17ClN4O/c1-16(2,3)13-8-14(21-20-13)19-15(22)12-6-9-4-5-10(17)7-11(9)18-12/h4-8,18H,1-3H3,(H2,19,20,21,22). The van der Waals surface area contributed by atoms with Crippen molar-refractivity contribution >= 4 is 34.2 Å². The van der Waals surface area contributed by atoms with Crippen LogP contribution in [0, 0.1) is 0 Å². The van der Waals surface area contributed by atoms with Gasteiger partial charge in [0.15, 0.2) is 5.82 Å². The van der Waals surface area contributed by atoms with Crippen LogP contribution in [0.25, 0.3) is 10.9 Å². The smallest absolute Gasteiger partial charge is 0.273 e. The quantitative estimate of drug-likeness (QED) is 0.666. The number of nitrogens with zero attached hydrogens (tertiary/aromatic N) is 1. The largest absolute Gasteiger partial charge is 0.350 e. The van der Waals surface area contributed by atoms with Crippen molar-refractivity contribution in [2.75, 3.05) is 5.32 Å². The van der Waals surface area contributed by atoms with Gasteiger partial charge in [-0.05, 0) is 18.2 Å². The van der Waals surface area contributed by atoms with E-state index in [1.54, 1.807) is 18.2 Å². The van der Waals surface area contributed by atoms with E-state index in [-0.39, 0.29) is 11.3 Å². The Morgan fingerprint density at radius 2 is 2.00 bits per heavy atom. The SMILES string of the molecule is CC(C)(C)c1cc(NC(=O)c2cc3ccc(Cl)cc3[nH]2)n[nH]1. The molecule has 0 fully saturated rings. The molecule has 0 spiro atoms. The second-order valence-electron chi connectivity index (χ2n) is 6.29. The molecule has 6 heteroatoms. The molecule has 0 aliphatic rings. The Labute approximate surface area is 133 Å². The first-order valence-electron chi connectivity index (χ1n) is 6.98. The molecule has 1 amide bonds. The van der Waals surface area contributed by atoms with Gasteiger partial charge in [0.05, 0.1) is 0 Å². The van der Waals surface area contributed by atoms with E-state index in [9.17, 15) is 4.79 Å². The van der Waals surface area contributed by atoms with E-state index in [2.05, 4.69) is 41.3 Å². The van der Waals surface area contributed by atoms with Crippen LogP contribution in [0.5, 0.6) is 0 Å². The second-order valence-corrected chi connectivity index (χ2v) is 6.72. The van der Waals surface area contributed by atoms with Crippen LogP contribution >= 0.6 is 11.6 Å². The predicted molar refractivity (Wildman–Crippen MR) is 88.5 cm³/mol. The predicted octanol–water partition coefficient (Wildman–Crippen LogP) is 4.09. The minimum Gasteiger partial charge on any atom is -0.350 e. The molecule has 2 heterocycles. The van der Waals surface area contributed by atoms with Crippen molar-refractivity contribution in [1.29, 1.82) is 0 Å². The van der Waals surface area contributed by atoms with Gasteiger partial charge in [-0.25, -0.2) is 0 Å². The van der Waals surface area contributed by atoms with Gasteiger partial charge in [0.25, 0.3) is 5.91 Å². The molecule has 0 aliphatic heterocycles. The molecular formula is C16H17ClN4O. The maximum absolute atomic E-state index is 12.3. The lowest BCUT2D eigenvalue weighted by Gasteiger charge is -2.14. The highest BCUT2D eigenvalue weighted by atomic mass is 35.5. The van der Waals surface area contributed by atoms with Crippen LogP contribution in [-0.2, 0) is 5.41 Å². The monoisotopic (exact) mass is 316 g/mol. The number of rotatable bonds is 2. The number of anilines is 1. The molecule has 2 aromatic heterocycles. The number of aromatic nitrogens is 3. The summed E-state index contributed by atoms with van der Waals surface area (Å²) in [5, 5.41) is 11.4. The lowest BCUT2D eigenvalue weighted by molar-refractivity contribution is 0.102. The summed E-state index contributed by atoms with van der Waals surface area (Å²) >= 11 is 5.95. The number of carbonyl (C=O) groups excluding carboxylic acids is 1. The molecule has 0 radical (unpaired) electrons. The van der Waals surface area contributed by atoms with Gasteiger partial charge in [-0.2, -0.15) is 5.10 Å². The summed E-state index contributed by atoms with van der Waals surface area (Å²) in [6, 6.07) is 9.09. The van der Waals surface area contributed by atoms with Crippen molar-refractivity contribution in [1.82, 2.24) is 15.2 Å². The van der Waals surface area contributed by atoms with Crippen LogP contribution in [0.4, 0.5) is 5.82 Å². The summed E-state index contributed by atoms with van der Waals surface area (Å²) in [5.41, 5.74) is 2.22. The Hall–Kier alpha value is -2.27. The topological polar surface area (TPSA) is 73.6 Å². The Morgan fingerprint density at radius 1 is 1.23 bits per heavy atom. The first kappa shape index (κ1) is 14.7. The Kier molecular flexibility index (Phi) is 3.45. The minimum absolute atomic E-state index is 0.0478. The van der Waals surface area contributed by atoms with Crippen molar-refractivity contribution in [2.45, 2.75) is 26.2 Å². The number of amides is 1. The molecule has 0 bridgehead atoms. The molecule has 3 aromatic rings. The first-order chi connectivity index (χ1) is 10.3. The van der Waals surface area contributed by atoms with Crippen molar-refractivity contribution in [3.8, 4) is 0 Å². The van der Waals surface area contributed by atoms with Crippen molar-refractivity contribution in [2.24, 2.45) is 0 Å². The number of aromatic amines is 2. The molecule has 5 nitrogen and oxygen atoms in total. The molecule has 3 N–H and O–H groups in total. The highest BCUT2D eigenvalue weighted by molar-refractivity contribution is 6.31. The highest BCUT2D eigenvalue weighted by Gasteiger charge is 2.18. The number of H-pyrrole nitrogens is 2. The maximum Gasteiger partial charge on any atom is 0.273 e. The summed E-state index contributed by atoms with van der Waals surface area (Å²) in [4.78, 5) is 15.4. The third-order valence-corrected chi connectivity index (χ3v) is 3.69. The first-order valence-corrected chi connectivity index (χ1v) is 7.36. The van der Waals surface area contributed by atoms with Gasteiger partial charge in [0, 0.05) is 33.1 Å². The molecular weight excluding hydrogens is 300 g/mol. The number of benzene rings is 1. The van der Waals surface area contributed by atoms with E-state index in [4.69, 9.17) is 11.6 Å². The summed E-state index contributed by atoms with van der Waals surface area (Å²) < 4.78 is 0. The molecule has 114 valence electrons. The van der Waals surface area contributed by atoms with Crippen LogP contribution in [-0.4, -0.2) is 21.1 Å². The summed E-state index contributed by atoms with van der Waals surface area (Å²) in [6.45, 7) is 6.23. The summed E-state index contributed by atoms with van der Waals surface area (Å²) in [7, 11) is 0. The maximum atomic E-state index is 12.3. The fraction of sp³-hybridized carbons (Fsp3) is 0.250. The van der Waals surface area contributed by atoms with Gasteiger partial charge in [-0.1, -0.05) is 38.4 Å². The molecule has 0 saturated carbocycles. The molecule has 0 unspecified atom stereocenters. The van der Waals surface area contributed by atoms with Crippen molar-refractivity contribution < 1.29 is 4.79 Å². The molecule has 22 heavy (non-hydrogen) atoms. The fourth-order valence-corrected chi connectivity index (χ4v) is 2.35. The number of carbonyl (C=O) groups is 1. The number of nitrogens with one attached hydrogen (secondary N) is 3. The van der Waals surface area contributed by atoms with Crippen LogP contribution in [0.15, 0.2) is 30.3 Å². The average molecular weight is 317 g/mol. The van der Waals surface area contributed by atoms with Crippen LogP contribution in [0.2, 0.25) is 5.02 Å². The zero-order valence-electron chi connectivity index (χ0n) is 12.6. The van der Waals surface area contributed by atoms with E-state index >= 15 is 0 Å². The number of halogens is 1. The van der Waals surface area contributed by atoms with Crippen molar-refractivity contribution in [3.63, 3.8) is 0 Å². The number of hydrogen-bond acceptors (Lipinski definition) is 2. The van der Waals surface area contributed by atoms with E-state index < -0.39 is 0 Å².